The Balaban J connectivity index is 2.07. The number of hydrogen-bond donors (Lipinski definition) is 1. The number of rotatable bonds is 5. The van der Waals surface area contributed by atoms with E-state index in [4.69, 9.17) is 0 Å². The second kappa shape index (κ2) is 5.95. The van der Waals surface area contributed by atoms with Gasteiger partial charge >= 0.3 is 0 Å². The molecule has 0 atom stereocenters. The summed E-state index contributed by atoms with van der Waals surface area (Å²) in [5.41, 5.74) is -0.414. The van der Waals surface area contributed by atoms with Crippen LogP contribution in [0.2, 0.25) is 0 Å². The van der Waals surface area contributed by atoms with Gasteiger partial charge in [-0.2, -0.15) is 5.10 Å². The number of amides is 1. The molecule has 0 spiro atoms. The number of aromatic nitrogens is 2. The van der Waals surface area contributed by atoms with E-state index >= 15 is 0 Å². The predicted octanol–water partition coefficient (Wildman–Crippen LogP) is 2.23. The van der Waals surface area contributed by atoms with Gasteiger partial charge in [-0.25, -0.2) is 0 Å². The quantitative estimate of drug-likeness (QED) is 0.899. The first-order valence-electron chi connectivity index (χ1n) is 7.47. The van der Waals surface area contributed by atoms with Crippen LogP contribution in [0.15, 0.2) is 12.3 Å². The number of nitrogens with zero attached hydrogens (tertiary/aromatic N) is 3. The van der Waals surface area contributed by atoms with E-state index in [-0.39, 0.29) is 5.91 Å². The summed E-state index contributed by atoms with van der Waals surface area (Å²) in [6.07, 6.45) is 6.69. The van der Waals surface area contributed by atoms with Gasteiger partial charge < -0.3 is 10.0 Å². The van der Waals surface area contributed by atoms with Gasteiger partial charge in [0.15, 0.2) is 0 Å². The molecule has 1 saturated carbocycles. The van der Waals surface area contributed by atoms with Gasteiger partial charge in [-0.1, -0.05) is 12.8 Å². The molecule has 0 aliphatic heterocycles. The van der Waals surface area contributed by atoms with Crippen LogP contribution in [0, 0.1) is 0 Å². The molecular weight excluding hydrogens is 254 g/mol. The Labute approximate surface area is 120 Å². The van der Waals surface area contributed by atoms with Crippen LogP contribution in [0.5, 0.6) is 0 Å². The van der Waals surface area contributed by atoms with Crippen molar-refractivity contribution < 1.29 is 9.90 Å². The van der Waals surface area contributed by atoms with Crippen molar-refractivity contribution in [1.82, 2.24) is 14.7 Å². The highest BCUT2D eigenvalue weighted by Gasteiger charge is 2.25. The van der Waals surface area contributed by atoms with Gasteiger partial charge in [0.25, 0.3) is 5.91 Å². The van der Waals surface area contributed by atoms with Crippen LogP contribution in [0.25, 0.3) is 0 Å². The summed E-state index contributed by atoms with van der Waals surface area (Å²) < 4.78 is 1.93. The molecular formula is C15H25N3O2. The van der Waals surface area contributed by atoms with E-state index in [0.717, 1.165) is 12.8 Å². The molecule has 1 aliphatic rings. The third kappa shape index (κ3) is 3.60. The van der Waals surface area contributed by atoms with Crippen LogP contribution in [0.4, 0.5) is 0 Å². The zero-order valence-corrected chi connectivity index (χ0v) is 12.7. The number of aliphatic hydroxyl groups is 1. The molecule has 1 aromatic rings. The Morgan fingerprint density at radius 1 is 1.50 bits per heavy atom. The lowest BCUT2D eigenvalue weighted by Gasteiger charge is -2.27. The Hall–Kier alpha value is -1.36. The van der Waals surface area contributed by atoms with Gasteiger partial charge in [0.05, 0.1) is 11.6 Å². The van der Waals surface area contributed by atoms with Crippen LogP contribution >= 0.6 is 0 Å². The summed E-state index contributed by atoms with van der Waals surface area (Å²) in [6, 6.07) is 2.23. The molecule has 1 aromatic heterocycles. The Kier molecular flexibility index (Phi) is 4.48. The van der Waals surface area contributed by atoms with E-state index in [0.29, 0.717) is 24.8 Å². The summed E-state index contributed by atoms with van der Waals surface area (Å²) in [5.74, 6) is -0.105. The molecule has 112 valence electrons. The molecule has 1 amide bonds. The molecule has 20 heavy (non-hydrogen) atoms. The molecule has 5 nitrogen and oxygen atoms in total. The summed E-state index contributed by atoms with van der Waals surface area (Å²) in [4.78, 5) is 14.1. The number of carbonyl (C=O) groups is 1. The first-order valence-corrected chi connectivity index (χ1v) is 7.47. The van der Waals surface area contributed by atoms with E-state index < -0.39 is 5.60 Å². The molecule has 1 heterocycles. The zero-order valence-electron chi connectivity index (χ0n) is 12.7. The zero-order chi connectivity index (χ0) is 14.8. The Morgan fingerprint density at radius 2 is 2.15 bits per heavy atom. The molecule has 0 saturated heterocycles. The smallest absolute Gasteiger partial charge is 0.274 e. The summed E-state index contributed by atoms with van der Waals surface area (Å²) in [7, 11) is 0. The van der Waals surface area contributed by atoms with Crippen molar-refractivity contribution in [1.29, 1.82) is 0 Å². The summed E-state index contributed by atoms with van der Waals surface area (Å²) in [5, 5.41) is 14.3. The van der Waals surface area contributed by atoms with Crippen LogP contribution in [0.3, 0.4) is 0 Å². The van der Waals surface area contributed by atoms with Crippen molar-refractivity contribution in [3.63, 3.8) is 0 Å². The minimum absolute atomic E-state index is 0.105. The maximum absolute atomic E-state index is 12.4. The minimum atomic E-state index is -0.889. The van der Waals surface area contributed by atoms with Crippen LogP contribution in [-0.4, -0.2) is 44.4 Å². The van der Waals surface area contributed by atoms with Crippen molar-refractivity contribution in [2.24, 2.45) is 0 Å². The van der Waals surface area contributed by atoms with Crippen molar-refractivity contribution in [3.8, 4) is 0 Å². The van der Waals surface area contributed by atoms with Gasteiger partial charge in [0, 0.05) is 19.3 Å². The lowest BCUT2D eigenvalue weighted by molar-refractivity contribution is 0.0311. The highest BCUT2D eigenvalue weighted by Crippen LogP contribution is 2.28. The largest absolute Gasteiger partial charge is 0.389 e. The molecule has 2 rings (SSSR count). The third-order valence-electron chi connectivity index (χ3n) is 3.77. The first-order chi connectivity index (χ1) is 9.40. The summed E-state index contributed by atoms with van der Waals surface area (Å²) >= 11 is 0. The summed E-state index contributed by atoms with van der Waals surface area (Å²) in [6.45, 7) is 6.22. The van der Waals surface area contributed by atoms with Crippen LogP contribution in [0.1, 0.15) is 63.0 Å². The number of hydrogen-bond acceptors (Lipinski definition) is 3. The fourth-order valence-electron chi connectivity index (χ4n) is 2.78. The average molecular weight is 279 g/mol. The van der Waals surface area contributed by atoms with Crippen molar-refractivity contribution >= 4 is 5.91 Å². The Morgan fingerprint density at radius 3 is 2.70 bits per heavy atom. The molecule has 0 unspecified atom stereocenters. The fourth-order valence-corrected chi connectivity index (χ4v) is 2.78. The predicted molar refractivity (Wildman–Crippen MR) is 77.6 cm³/mol. The number of carbonyl (C=O) groups excluding carboxylic acids is 1. The third-order valence-corrected chi connectivity index (χ3v) is 3.77. The van der Waals surface area contributed by atoms with E-state index in [9.17, 15) is 9.90 Å². The molecule has 1 N–H and O–H groups in total. The Bertz CT molecular complexity index is 456. The highest BCUT2D eigenvalue weighted by molar-refractivity contribution is 5.92. The topological polar surface area (TPSA) is 58.4 Å². The monoisotopic (exact) mass is 279 g/mol. The molecule has 5 heteroatoms. The average Bonchev–Trinajstić information content (AvgIpc) is 3.03. The van der Waals surface area contributed by atoms with E-state index in [2.05, 4.69) is 5.10 Å². The number of likely N-dealkylation sites (N-methyl/N-ethyl adjacent to an activating group) is 1. The maximum Gasteiger partial charge on any atom is 0.274 e. The van der Waals surface area contributed by atoms with Gasteiger partial charge in [0.2, 0.25) is 0 Å². The highest BCUT2D eigenvalue weighted by atomic mass is 16.3. The minimum Gasteiger partial charge on any atom is -0.389 e. The lowest BCUT2D eigenvalue weighted by atomic mass is 10.1. The molecule has 0 radical (unpaired) electrons. The van der Waals surface area contributed by atoms with Gasteiger partial charge in [-0.15, -0.1) is 0 Å². The van der Waals surface area contributed by atoms with Crippen molar-refractivity contribution in [2.75, 3.05) is 13.1 Å². The van der Waals surface area contributed by atoms with Crippen LogP contribution < -0.4 is 0 Å². The second-order valence-electron chi connectivity index (χ2n) is 6.25. The van der Waals surface area contributed by atoms with Gasteiger partial charge in [-0.05, 0) is 39.7 Å². The van der Waals surface area contributed by atoms with E-state index in [1.807, 2.05) is 17.8 Å². The lowest BCUT2D eigenvalue weighted by Crippen LogP contribution is -2.42. The molecule has 0 bridgehead atoms. The fraction of sp³-hybridized carbons (Fsp3) is 0.733. The first kappa shape index (κ1) is 15.0. The van der Waals surface area contributed by atoms with Crippen molar-refractivity contribution in [2.45, 2.75) is 58.1 Å². The van der Waals surface area contributed by atoms with Crippen LogP contribution in [-0.2, 0) is 0 Å². The second-order valence-corrected chi connectivity index (χ2v) is 6.25. The molecule has 1 fully saturated rings. The van der Waals surface area contributed by atoms with Gasteiger partial charge in [-0.3, -0.25) is 9.48 Å². The molecule has 1 aliphatic carbocycles. The van der Waals surface area contributed by atoms with Crippen molar-refractivity contribution in [3.05, 3.63) is 18.0 Å². The molecule has 0 aromatic carbocycles. The normalized spacial score (nSPS) is 16.6. The SMILES string of the molecule is CCN(CC(C)(C)O)C(=O)c1ccn(C2CCCC2)n1. The van der Waals surface area contributed by atoms with E-state index in [1.54, 1.807) is 24.8 Å². The standard InChI is InChI=1S/C15H25N3O2/c1-4-17(11-15(2,3)20)14(19)13-9-10-18(16-13)12-7-5-6-8-12/h9-10,12,20H,4-8,11H2,1-3H3. The maximum atomic E-state index is 12.4. The van der Waals surface area contributed by atoms with E-state index in [1.165, 1.54) is 12.8 Å². The van der Waals surface area contributed by atoms with Gasteiger partial charge in [0.1, 0.15) is 5.69 Å².